The number of fused-ring (bicyclic) bond motifs is 1. The van der Waals surface area contributed by atoms with Crippen LogP contribution in [0.25, 0.3) is 10.8 Å². The highest BCUT2D eigenvalue weighted by molar-refractivity contribution is 5.88. The molecule has 1 heteroatoms. The van der Waals surface area contributed by atoms with E-state index in [0.29, 0.717) is 6.04 Å². The Labute approximate surface area is 109 Å². The average molecular weight is 239 g/mol. The highest BCUT2D eigenvalue weighted by atomic mass is 14.9. The lowest BCUT2D eigenvalue weighted by Crippen LogP contribution is -2.17. The number of nitrogens with one attached hydrogen (secondary N) is 1. The first kappa shape index (κ1) is 11.7. The Bertz CT molecular complexity index is 555. The maximum atomic E-state index is 3.50. The van der Waals surface area contributed by atoms with Crippen LogP contribution in [0, 0.1) is 12.8 Å². The molecule has 1 aliphatic carbocycles. The van der Waals surface area contributed by atoms with Gasteiger partial charge in [-0.1, -0.05) is 49.2 Å². The second-order valence-corrected chi connectivity index (χ2v) is 5.54. The van der Waals surface area contributed by atoms with Gasteiger partial charge in [-0.25, -0.2) is 0 Å². The summed E-state index contributed by atoms with van der Waals surface area (Å²) in [4.78, 5) is 0. The fourth-order valence-electron chi connectivity index (χ4n) is 2.86. The van der Waals surface area contributed by atoms with Crippen LogP contribution in [-0.4, -0.2) is 7.05 Å². The van der Waals surface area contributed by atoms with Crippen LogP contribution in [0.3, 0.4) is 0 Å². The highest BCUT2D eigenvalue weighted by Crippen LogP contribution is 2.39. The third-order valence-corrected chi connectivity index (χ3v) is 4.17. The van der Waals surface area contributed by atoms with Crippen molar-refractivity contribution in [1.29, 1.82) is 0 Å². The number of hydrogen-bond donors (Lipinski definition) is 1. The molecule has 1 aliphatic rings. The molecule has 1 N–H and O–H groups in total. The van der Waals surface area contributed by atoms with Gasteiger partial charge in [-0.2, -0.15) is 0 Å². The molecule has 94 valence electrons. The molecule has 0 radical (unpaired) electrons. The van der Waals surface area contributed by atoms with Gasteiger partial charge < -0.3 is 5.32 Å². The number of aryl methyl sites for hydroxylation is 1. The molecule has 1 saturated carbocycles. The minimum Gasteiger partial charge on any atom is -0.313 e. The van der Waals surface area contributed by atoms with Crippen molar-refractivity contribution < 1.29 is 0 Å². The van der Waals surface area contributed by atoms with Gasteiger partial charge in [0.2, 0.25) is 0 Å². The average Bonchev–Trinajstić information content (AvgIpc) is 3.21. The van der Waals surface area contributed by atoms with Crippen molar-refractivity contribution in [3.63, 3.8) is 0 Å². The molecule has 0 spiro atoms. The van der Waals surface area contributed by atoms with Gasteiger partial charge >= 0.3 is 0 Å². The van der Waals surface area contributed by atoms with Crippen LogP contribution in [0.1, 0.15) is 36.4 Å². The zero-order valence-corrected chi connectivity index (χ0v) is 11.2. The Hall–Kier alpha value is -1.34. The SMILES string of the molecule is CNC(CC1CC1)c1ccc(C)c2ccccc12. The van der Waals surface area contributed by atoms with Crippen LogP contribution in [0.2, 0.25) is 0 Å². The van der Waals surface area contributed by atoms with Crippen molar-refractivity contribution in [2.24, 2.45) is 5.92 Å². The van der Waals surface area contributed by atoms with Gasteiger partial charge in [0, 0.05) is 6.04 Å². The number of rotatable bonds is 4. The Morgan fingerprint density at radius 3 is 2.50 bits per heavy atom. The van der Waals surface area contributed by atoms with Gasteiger partial charge in [-0.3, -0.25) is 0 Å². The van der Waals surface area contributed by atoms with E-state index >= 15 is 0 Å². The molecule has 0 heterocycles. The van der Waals surface area contributed by atoms with Gasteiger partial charge in [-0.15, -0.1) is 0 Å². The summed E-state index contributed by atoms with van der Waals surface area (Å²) in [6.45, 7) is 2.20. The summed E-state index contributed by atoms with van der Waals surface area (Å²) in [6, 6.07) is 13.8. The summed E-state index contributed by atoms with van der Waals surface area (Å²) in [5.74, 6) is 0.947. The van der Waals surface area contributed by atoms with Crippen LogP contribution in [0.5, 0.6) is 0 Å². The summed E-state index contributed by atoms with van der Waals surface area (Å²) in [6.07, 6.45) is 4.12. The summed E-state index contributed by atoms with van der Waals surface area (Å²) < 4.78 is 0. The highest BCUT2D eigenvalue weighted by Gasteiger charge is 2.26. The van der Waals surface area contributed by atoms with E-state index in [1.807, 2.05) is 0 Å². The van der Waals surface area contributed by atoms with Gasteiger partial charge in [0.05, 0.1) is 0 Å². The third kappa shape index (κ3) is 2.15. The molecule has 1 fully saturated rings. The quantitative estimate of drug-likeness (QED) is 0.842. The van der Waals surface area contributed by atoms with E-state index in [0.717, 1.165) is 5.92 Å². The molecule has 0 saturated heterocycles. The molecule has 18 heavy (non-hydrogen) atoms. The topological polar surface area (TPSA) is 12.0 Å². The van der Waals surface area contributed by atoms with E-state index in [2.05, 4.69) is 55.7 Å². The lowest BCUT2D eigenvalue weighted by Gasteiger charge is -2.19. The largest absolute Gasteiger partial charge is 0.313 e. The second-order valence-electron chi connectivity index (χ2n) is 5.54. The molecule has 2 aromatic rings. The molecular weight excluding hydrogens is 218 g/mol. The van der Waals surface area contributed by atoms with E-state index in [1.54, 1.807) is 0 Å². The predicted molar refractivity (Wildman–Crippen MR) is 77.8 cm³/mol. The Morgan fingerprint density at radius 1 is 1.11 bits per heavy atom. The molecule has 3 rings (SSSR count). The first-order chi connectivity index (χ1) is 8.79. The van der Waals surface area contributed by atoms with Crippen LogP contribution in [0.4, 0.5) is 0 Å². The van der Waals surface area contributed by atoms with E-state index in [4.69, 9.17) is 0 Å². The summed E-state index contributed by atoms with van der Waals surface area (Å²) in [5, 5.41) is 6.31. The number of hydrogen-bond acceptors (Lipinski definition) is 1. The standard InChI is InChI=1S/C17H21N/c1-12-7-10-16(15-6-4-3-5-14(12)15)17(18-2)11-13-8-9-13/h3-7,10,13,17-18H,8-9,11H2,1-2H3. The first-order valence-electron chi connectivity index (χ1n) is 6.95. The maximum absolute atomic E-state index is 3.50. The van der Waals surface area contributed by atoms with Gasteiger partial charge in [0.1, 0.15) is 0 Å². The van der Waals surface area contributed by atoms with Crippen molar-refractivity contribution >= 4 is 10.8 Å². The van der Waals surface area contributed by atoms with E-state index < -0.39 is 0 Å². The molecule has 1 unspecified atom stereocenters. The Balaban J connectivity index is 2.06. The fourth-order valence-corrected chi connectivity index (χ4v) is 2.86. The minimum absolute atomic E-state index is 0.503. The Kier molecular flexibility index (Phi) is 3.09. The van der Waals surface area contributed by atoms with Crippen molar-refractivity contribution in [2.75, 3.05) is 7.05 Å². The predicted octanol–water partition coefficient (Wildman–Crippen LogP) is 4.21. The van der Waals surface area contributed by atoms with Crippen molar-refractivity contribution in [3.05, 3.63) is 47.5 Å². The zero-order valence-electron chi connectivity index (χ0n) is 11.2. The van der Waals surface area contributed by atoms with Crippen LogP contribution in [0.15, 0.2) is 36.4 Å². The van der Waals surface area contributed by atoms with E-state index in [-0.39, 0.29) is 0 Å². The van der Waals surface area contributed by atoms with Gasteiger partial charge in [0.25, 0.3) is 0 Å². The van der Waals surface area contributed by atoms with Crippen molar-refractivity contribution in [3.8, 4) is 0 Å². The number of benzene rings is 2. The van der Waals surface area contributed by atoms with E-state index in [1.165, 1.54) is 41.2 Å². The molecule has 0 bridgehead atoms. The fraction of sp³-hybridized carbons (Fsp3) is 0.412. The van der Waals surface area contributed by atoms with Gasteiger partial charge in [-0.05, 0) is 48.2 Å². The summed E-state index contributed by atoms with van der Waals surface area (Å²) in [7, 11) is 2.08. The molecule has 2 aromatic carbocycles. The monoisotopic (exact) mass is 239 g/mol. The normalized spacial score (nSPS) is 17.0. The van der Waals surface area contributed by atoms with Crippen molar-refractivity contribution in [2.45, 2.75) is 32.2 Å². The molecule has 0 aromatic heterocycles. The first-order valence-corrected chi connectivity index (χ1v) is 6.95. The second kappa shape index (κ2) is 4.74. The zero-order chi connectivity index (χ0) is 12.5. The lowest BCUT2D eigenvalue weighted by molar-refractivity contribution is 0.517. The van der Waals surface area contributed by atoms with E-state index in [9.17, 15) is 0 Å². The summed E-state index contributed by atoms with van der Waals surface area (Å²) >= 11 is 0. The third-order valence-electron chi connectivity index (χ3n) is 4.17. The minimum atomic E-state index is 0.503. The lowest BCUT2D eigenvalue weighted by atomic mass is 9.93. The summed E-state index contributed by atoms with van der Waals surface area (Å²) in [5.41, 5.74) is 2.83. The van der Waals surface area contributed by atoms with Crippen LogP contribution in [-0.2, 0) is 0 Å². The molecule has 0 amide bonds. The maximum Gasteiger partial charge on any atom is 0.0326 e. The van der Waals surface area contributed by atoms with Crippen molar-refractivity contribution in [1.82, 2.24) is 5.32 Å². The van der Waals surface area contributed by atoms with Crippen LogP contribution >= 0.6 is 0 Å². The molecule has 1 nitrogen and oxygen atoms in total. The molecular formula is C17H21N. The van der Waals surface area contributed by atoms with Crippen LogP contribution < -0.4 is 5.32 Å². The Morgan fingerprint density at radius 2 is 1.83 bits per heavy atom. The molecule has 1 atom stereocenters. The smallest absolute Gasteiger partial charge is 0.0326 e. The molecule has 0 aliphatic heterocycles. The van der Waals surface area contributed by atoms with Gasteiger partial charge in [0.15, 0.2) is 0 Å².